The number of carbonyl (C=O) groups is 1. The van der Waals surface area contributed by atoms with E-state index >= 15 is 0 Å². The lowest BCUT2D eigenvalue weighted by Gasteiger charge is -2.14. The van der Waals surface area contributed by atoms with E-state index in [-0.39, 0.29) is 21.3 Å². The number of carbonyl (C=O) groups excluding carboxylic acids is 1. The number of benzene rings is 2. The second kappa shape index (κ2) is 8.30. The number of sulfonamides is 1. The molecule has 0 unspecified atom stereocenters. The summed E-state index contributed by atoms with van der Waals surface area (Å²) in [5.41, 5.74) is 0.633. The van der Waals surface area contributed by atoms with Crippen LogP contribution in [0.2, 0.25) is 5.02 Å². The van der Waals surface area contributed by atoms with Gasteiger partial charge in [0.05, 0.1) is 9.95 Å². The number of anilines is 1. The molecule has 0 bridgehead atoms. The largest absolute Gasteiger partial charge is 0.322 e. The quantitative estimate of drug-likeness (QED) is 0.447. The first-order valence-electron chi connectivity index (χ1n) is 7.57. The van der Waals surface area contributed by atoms with Gasteiger partial charge in [0.25, 0.3) is 5.69 Å². The minimum Gasteiger partial charge on any atom is -0.322 e. The Balaban J connectivity index is 2.19. The average molecular weight is 410 g/mol. The minimum atomic E-state index is -3.77. The van der Waals surface area contributed by atoms with Crippen LogP contribution in [0.4, 0.5) is 11.4 Å². The zero-order valence-corrected chi connectivity index (χ0v) is 16.0. The summed E-state index contributed by atoms with van der Waals surface area (Å²) in [7, 11) is -1.02. The molecule has 2 aromatic rings. The van der Waals surface area contributed by atoms with E-state index < -0.39 is 20.9 Å². The van der Waals surface area contributed by atoms with Crippen molar-refractivity contribution in [1.82, 2.24) is 4.31 Å². The Morgan fingerprint density at radius 1 is 1.22 bits per heavy atom. The molecule has 27 heavy (non-hydrogen) atoms. The smallest absolute Gasteiger partial charge is 0.270 e. The molecule has 142 valence electrons. The van der Waals surface area contributed by atoms with Gasteiger partial charge in [0, 0.05) is 38.0 Å². The van der Waals surface area contributed by atoms with Gasteiger partial charge in [0.1, 0.15) is 4.90 Å². The molecule has 0 aliphatic heterocycles. The first-order valence-corrected chi connectivity index (χ1v) is 9.38. The van der Waals surface area contributed by atoms with Gasteiger partial charge >= 0.3 is 0 Å². The summed E-state index contributed by atoms with van der Waals surface area (Å²) in [6.07, 6.45) is 2.60. The zero-order chi connectivity index (χ0) is 20.2. The fraction of sp³-hybridized carbons (Fsp3) is 0.118. The maximum atomic E-state index is 12.2. The third kappa shape index (κ3) is 5.13. The molecule has 1 amide bonds. The molecular weight excluding hydrogens is 394 g/mol. The summed E-state index contributed by atoms with van der Waals surface area (Å²) in [4.78, 5) is 22.2. The Labute approximate surface area is 161 Å². The fourth-order valence-electron chi connectivity index (χ4n) is 2.07. The van der Waals surface area contributed by atoms with Crippen molar-refractivity contribution in [2.24, 2.45) is 0 Å². The molecule has 2 rings (SSSR count). The number of hydrogen-bond acceptors (Lipinski definition) is 5. The van der Waals surface area contributed by atoms with Crippen molar-refractivity contribution in [3.05, 3.63) is 69.2 Å². The maximum absolute atomic E-state index is 12.2. The molecule has 8 nitrogen and oxygen atoms in total. The van der Waals surface area contributed by atoms with Gasteiger partial charge in [-0.25, -0.2) is 12.7 Å². The molecule has 0 fully saturated rings. The lowest BCUT2D eigenvalue weighted by molar-refractivity contribution is -0.384. The Kier molecular flexibility index (Phi) is 6.32. The molecule has 2 aromatic carbocycles. The van der Waals surface area contributed by atoms with Gasteiger partial charge in [-0.05, 0) is 29.8 Å². The Bertz CT molecular complexity index is 1020. The molecule has 0 aliphatic rings. The van der Waals surface area contributed by atoms with Crippen LogP contribution in [0.15, 0.2) is 53.4 Å². The van der Waals surface area contributed by atoms with E-state index in [1.54, 1.807) is 6.07 Å². The van der Waals surface area contributed by atoms with Crippen molar-refractivity contribution in [3.63, 3.8) is 0 Å². The molecule has 0 aliphatic carbocycles. The molecule has 10 heteroatoms. The number of nitro benzene ring substituents is 1. The van der Waals surface area contributed by atoms with Crippen molar-refractivity contribution in [1.29, 1.82) is 0 Å². The van der Waals surface area contributed by atoms with E-state index in [0.29, 0.717) is 5.56 Å². The van der Waals surface area contributed by atoms with Crippen LogP contribution < -0.4 is 5.32 Å². The molecule has 0 saturated carbocycles. The highest BCUT2D eigenvalue weighted by molar-refractivity contribution is 7.89. The summed E-state index contributed by atoms with van der Waals surface area (Å²) >= 11 is 5.96. The Morgan fingerprint density at radius 3 is 2.56 bits per heavy atom. The molecular formula is C17H16ClN3O5S. The summed E-state index contributed by atoms with van der Waals surface area (Å²) in [6, 6.07) is 9.89. The predicted octanol–water partition coefficient (Wildman–Crippen LogP) is 3.15. The molecule has 0 aromatic heterocycles. The molecule has 1 N–H and O–H groups in total. The second-order valence-corrected chi connectivity index (χ2v) is 8.13. The molecule has 0 radical (unpaired) electrons. The van der Waals surface area contributed by atoms with Crippen molar-refractivity contribution < 1.29 is 18.1 Å². The highest BCUT2D eigenvalue weighted by Gasteiger charge is 2.21. The third-order valence-electron chi connectivity index (χ3n) is 3.47. The molecule has 0 atom stereocenters. The van der Waals surface area contributed by atoms with Crippen LogP contribution in [0.25, 0.3) is 6.08 Å². The standard InChI is InChI=1S/C17H16ClN3O5S/c1-20(2)27(25,26)16-11-13(7-8-15(16)18)19-17(22)9-6-12-4-3-5-14(10-12)21(23)24/h3-11H,1-2H3,(H,19,22). The third-order valence-corrected chi connectivity index (χ3v) is 5.76. The van der Waals surface area contributed by atoms with Crippen LogP contribution in [-0.4, -0.2) is 37.6 Å². The van der Waals surface area contributed by atoms with Crippen molar-refractivity contribution in [2.45, 2.75) is 4.90 Å². The van der Waals surface area contributed by atoms with Crippen LogP contribution in [0, 0.1) is 10.1 Å². The number of non-ortho nitro benzene ring substituents is 1. The van der Waals surface area contributed by atoms with Crippen molar-refractivity contribution in [3.8, 4) is 0 Å². The lowest BCUT2D eigenvalue weighted by Crippen LogP contribution is -2.22. The van der Waals surface area contributed by atoms with Gasteiger partial charge in [-0.3, -0.25) is 14.9 Å². The van der Waals surface area contributed by atoms with E-state index in [4.69, 9.17) is 11.6 Å². The van der Waals surface area contributed by atoms with Crippen LogP contribution in [0.1, 0.15) is 5.56 Å². The number of amides is 1. The van der Waals surface area contributed by atoms with Gasteiger partial charge in [0.15, 0.2) is 0 Å². The first-order chi connectivity index (χ1) is 12.6. The zero-order valence-electron chi connectivity index (χ0n) is 14.4. The average Bonchev–Trinajstić information content (AvgIpc) is 2.61. The van der Waals surface area contributed by atoms with Crippen LogP contribution in [-0.2, 0) is 14.8 Å². The second-order valence-electron chi connectivity index (χ2n) is 5.61. The summed E-state index contributed by atoms with van der Waals surface area (Å²) < 4.78 is 25.5. The van der Waals surface area contributed by atoms with E-state index in [1.807, 2.05) is 0 Å². The van der Waals surface area contributed by atoms with Crippen LogP contribution >= 0.6 is 11.6 Å². The van der Waals surface area contributed by atoms with E-state index in [2.05, 4.69) is 5.32 Å². The van der Waals surface area contributed by atoms with Gasteiger partial charge in [-0.2, -0.15) is 0 Å². The summed E-state index contributed by atoms with van der Waals surface area (Å²) in [5, 5.41) is 13.3. The van der Waals surface area contributed by atoms with Crippen molar-refractivity contribution in [2.75, 3.05) is 19.4 Å². The van der Waals surface area contributed by atoms with Gasteiger partial charge < -0.3 is 5.32 Å². The molecule has 0 saturated heterocycles. The maximum Gasteiger partial charge on any atom is 0.270 e. The van der Waals surface area contributed by atoms with E-state index in [1.165, 1.54) is 62.6 Å². The minimum absolute atomic E-state index is 0.0360. The Morgan fingerprint density at radius 2 is 1.93 bits per heavy atom. The van der Waals surface area contributed by atoms with E-state index in [0.717, 1.165) is 4.31 Å². The van der Waals surface area contributed by atoms with Gasteiger partial charge in [-0.1, -0.05) is 23.7 Å². The van der Waals surface area contributed by atoms with Gasteiger partial charge in [0.2, 0.25) is 15.9 Å². The predicted molar refractivity (Wildman–Crippen MR) is 103 cm³/mol. The SMILES string of the molecule is CN(C)S(=O)(=O)c1cc(NC(=O)C=Cc2cccc([N+](=O)[O-])c2)ccc1Cl. The van der Waals surface area contributed by atoms with Crippen LogP contribution in [0.5, 0.6) is 0 Å². The first kappa shape index (κ1) is 20.6. The summed E-state index contributed by atoms with van der Waals surface area (Å²) in [5.74, 6) is -0.531. The summed E-state index contributed by atoms with van der Waals surface area (Å²) in [6.45, 7) is 0. The number of nitro groups is 1. The molecule has 0 spiro atoms. The fourth-order valence-corrected chi connectivity index (χ4v) is 3.47. The number of rotatable bonds is 6. The normalized spacial score (nSPS) is 11.7. The monoisotopic (exact) mass is 409 g/mol. The lowest BCUT2D eigenvalue weighted by atomic mass is 10.2. The Hall–Kier alpha value is -2.75. The number of hydrogen-bond donors (Lipinski definition) is 1. The number of halogens is 1. The highest BCUT2D eigenvalue weighted by atomic mass is 35.5. The van der Waals surface area contributed by atoms with Gasteiger partial charge in [-0.15, -0.1) is 0 Å². The highest BCUT2D eigenvalue weighted by Crippen LogP contribution is 2.26. The molecule has 0 heterocycles. The van der Waals surface area contributed by atoms with E-state index in [9.17, 15) is 23.3 Å². The topological polar surface area (TPSA) is 110 Å². The number of nitrogens with zero attached hydrogens (tertiary/aromatic N) is 2. The number of nitrogens with one attached hydrogen (secondary N) is 1. The van der Waals surface area contributed by atoms with Crippen molar-refractivity contribution >= 4 is 45.0 Å². The van der Waals surface area contributed by atoms with Crippen LogP contribution in [0.3, 0.4) is 0 Å².